The number of carbonyl (C=O) groups is 2. The van der Waals surface area contributed by atoms with Crippen LogP contribution in [0.2, 0.25) is 0 Å². The molecule has 1 N–H and O–H groups in total. The van der Waals surface area contributed by atoms with Crippen LogP contribution in [0, 0.1) is 13.8 Å². The third-order valence-corrected chi connectivity index (χ3v) is 5.16. The Morgan fingerprint density at radius 2 is 1.77 bits per heavy atom. The van der Waals surface area contributed by atoms with E-state index in [-0.39, 0.29) is 24.1 Å². The third-order valence-electron chi connectivity index (χ3n) is 5.16. The van der Waals surface area contributed by atoms with Crippen molar-refractivity contribution in [1.29, 1.82) is 0 Å². The van der Waals surface area contributed by atoms with Crippen LogP contribution in [0.5, 0.6) is 5.75 Å². The Bertz CT molecular complexity index is 1140. The summed E-state index contributed by atoms with van der Waals surface area (Å²) in [7, 11) is 0. The molecule has 4 rings (SSSR count). The molecule has 6 heteroatoms. The summed E-state index contributed by atoms with van der Waals surface area (Å²) < 4.78 is 10.9. The normalized spacial score (nSPS) is 13.8. The number of nitrogens with one attached hydrogen (secondary N) is 1. The maximum absolute atomic E-state index is 13.3. The van der Waals surface area contributed by atoms with Crippen LogP contribution in [0.4, 0.5) is 5.69 Å². The minimum Gasteiger partial charge on any atom is -0.494 e. The standard InChI is InChI=1S/C25H24N2O4/c1-4-30-19-10-8-18(9-11-19)22-23(26-21-12-7-16(2)14-17(21)3)25(29)27(24(22)28)15-20-6-5-13-31-20/h5-14,26H,4,15H2,1-3H3. The summed E-state index contributed by atoms with van der Waals surface area (Å²) in [6.45, 7) is 6.51. The van der Waals surface area contributed by atoms with Crippen LogP contribution < -0.4 is 10.1 Å². The van der Waals surface area contributed by atoms with Crippen molar-refractivity contribution in [1.82, 2.24) is 4.90 Å². The van der Waals surface area contributed by atoms with Gasteiger partial charge in [-0.3, -0.25) is 14.5 Å². The topological polar surface area (TPSA) is 71.8 Å². The Labute approximate surface area is 181 Å². The number of amides is 2. The van der Waals surface area contributed by atoms with Crippen molar-refractivity contribution < 1.29 is 18.7 Å². The lowest BCUT2D eigenvalue weighted by molar-refractivity contribution is -0.137. The minimum absolute atomic E-state index is 0.0727. The molecule has 3 aromatic rings. The number of benzene rings is 2. The van der Waals surface area contributed by atoms with Gasteiger partial charge in [-0.2, -0.15) is 0 Å². The molecule has 0 spiro atoms. The Balaban J connectivity index is 1.74. The molecule has 2 amide bonds. The number of hydrogen-bond donors (Lipinski definition) is 1. The Kier molecular flexibility index (Phi) is 5.62. The first kappa shape index (κ1) is 20.5. The van der Waals surface area contributed by atoms with E-state index in [4.69, 9.17) is 9.15 Å². The fourth-order valence-electron chi connectivity index (χ4n) is 3.63. The van der Waals surface area contributed by atoms with Crippen molar-refractivity contribution >= 4 is 23.1 Å². The molecular weight excluding hydrogens is 392 g/mol. The Morgan fingerprint density at radius 1 is 1.00 bits per heavy atom. The maximum atomic E-state index is 13.3. The van der Waals surface area contributed by atoms with Crippen molar-refractivity contribution in [3.05, 3.63) is 89.0 Å². The van der Waals surface area contributed by atoms with Gasteiger partial charge in [-0.05, 0) is 62.2 Å². The zero-order chi connectivity index (χ0) is 22.0. The summed E-state index contributed by atoms with van der Waals surface area (Å²) >= 11 is 0. The van der Waals surface area contributed by atoms with Crippen molar-refractivity contribution in [3.63, 3.8) is 0 Å². The van der Waals surface area contributed by atoms with Gasteiger partial charge in [-0.1, -0.05) is 29.8 Å². The summed E-state index contributed by atoms with van der Waals surface area (Å²) in [6.07, 6.45) is 1.52. The molecular formula is C25H24N2O4. The summed E-state index contributed by atoms with van der Waals surface area (Å²) in [5.41, 5.74) is 4.13. The molecule has 1 aromatic heterocycles. The lowest BCUT2D eigenvalue weighted by Crippen LogP contribution is -2.31. The lowest BCUT2D eigenvalue weighted by Gasteiger charge is -2.14. The molecule has 1 aliphatic heterocycles. The molecule has 0 radical (unpaired) electrons. The average molecular weight is 416 g/mol. The van der Waals surface area contributed by atoms with Crippen molar-refractivity contribution in [2.75, 3.05) is 11.9 Å². The Hall–Kier alpha value is -3.80. The van der Waals surface area contributed by atoms with Gasteiger partial charge in [-0.15, -0.1) is 0 Å². The molecule has 0 atom stereocenters. The quantitative estimate of drug-likeness (QED) is 0.566. The summed E-state index contributed by atoms with van der Waals surface area (Å²) in [6, 6.07) is 16.6. The number of imide groups is 1. The molecule has 1 aliphatic rings. The zero-order valence-electron chi connectivity index (χ0n) is 17.8. The summed E-state index contributed by atoms with van der Waals surface area (Å²) in [4.78, 5) is 27.8. The largest absolute Gasteiger partial charge is 0.494 e. The van der Waals surface area contributed by atoms with Gasteiger partial charge in [0.1, 0.15) is 17.2 Å². The molecule has 0 saturated carbocycles. The van der Waals surface area contributed by atoms with Crippen molar-refractivity contribution in [2.24, 2.45) is 0 Å². The zero-order valence-corrected chi connectivity index (χ0v) is 17.8. The number of furan rings is 1. The van der Waals surface area contributed by atoms with E-state index < -0.39 is 0 Å². The highest BCUT2D eigenvalue weighted by molar-refractivity contribution is 6.36. The first-order chi connectivity index (χ1) is 15.0. The molecule has 2 heterocycles. The molecule has 0 aliphatic carbocycles. The summed E-state index contributed by atoms with van der Waals surface area (Å²) in [5, 5.41) is 3.22. The average Bonchev–Trinajstić information content (AvgIpc) is 3.34. The van der Waals surface area contributed by atoms with E-state index in [9.17, 15) is 9.59 Å². The number of nitrogens with zero attached hydrogens (tertiary/aromatic N) is 1. The minimum atomic E-state index is -0.384. The van der Waals surface area contributed by atoms with Gasteiger partial charge in [0.2, 0.25) is 0 Å². The first-order valence-corrected chi connectivity index (χ1v) is 10.2. The van der Waals surface area contributed by atoms with Crippen LogP contribution in [0.15, 0.2) is 71.0 Å². The van der Waals surface area contributed by atoms with Crippen LogP contribution >= 0.6 is 0 Å². The monoisotopic (exact) mass is 416 g/mol. The van der Waals surface area contributed by atoms with E-state index in [1.807, 2.05) is 39.0 Å². The van der Waals surface area contributed by atoms with Crippen LogP contribution in [-0.4, -0.2) is 23.3 Å². The molecule has 0 unspecified atom stereocenters. The van der Waals surface area contributed by atoms with Crippen LogP contribution in [0.3, 0.4) is 0 Å². The molecule has 0 saturated heterocycles. The third kappa shape index (κ3) is 4.10. The Morgan fingerprint density at radius 3 is 2.42 bits per heavy atom. The van der Waals surface area contributed by atoms with Gasteiger partial charge in [0.05, 0.1) is 25.0 Å². The van der Waals surface area contributed by atoms with E-state index >= 15 is 0 Å². The van der Waals surface area contributed by atoms with Crippen LogP contribution in [-0.2, 0) is 16.1 Å². The first-order valence-electron chi connectivity index (χ1n) is 10.2. The van der Waals surface area contributed by atoms with Gasteiger partial charge in [0, 0.05) is 5.69 Å². The molecule has 31 heavy (non-hydrogen) atoms. The van der Waals surface area contributed by atoms with E-state index in [2.05, 4.69) is 5.32 Å². The van der Waals surface area contributed by atoms with Gasteiger partial charge < -0.3 is 14.5 Å². The predicted molar refractivity (Wildman–Crippen MR) is 118 cm³/mol. The fraction of sp³-hybridized carbons (Fsp3) is 0.200. The highest BCUT2D eigenvalue weighted by atomic mass is 16.5. The second-order valence-electron chi connectivity index (χ2n) is 7.43. The molecule has 2 aromatic carbocycles. The van der Waals surface area contributed by atoms with Gasteiger partial charge in [-0.25, -0.2) is 0 Å². The van der Waals surface area contributed by atoms with Crippen LogP contribution in [0.25, 0.3) is 5.57 Å². The second-order valence-corrected chi connectivity index (χ2v) is 7.43. The van der Waals surface area contributed by atoms with Crippen molar-refractivity contribution in [2.45, 2.75) is 27.3 Å². The van der Waals surface area contributed by atoms with Gasteiger partial charge in [0.15, 0.2) is 0 Å². The summed E-state index contributed by atoms with van der Waals surface area (Å²) in [5.74, 6) is 0.503. The fourth-order valence-corrected chi connectivity index (χ4v) is 3.63. The number of rotatable bonds is 7. The number of aryl methyl sites for hydroxylation is 2. The second kappa shape index (κ2) is 8.52. The highest BCUT2D eigenvalue weighted by Gasteiger charge is 2.39. The molecule has 158 valence electrons. The predicted octanol–water partition coefficient (Wildman–Crippen LogP) is 4.69. The van der Waals surface area contributed by atoms with E-state index in [1.165, 1.54) is 11.2 Å². The number of ether oxygens (including phenoxy) is 1. The SMILES string of the molecule is CCOc1ccc(C2=C(Nc3ccc(C)cc3C)C(=O)N(Cc3ccco3)C2=O)cc1. The number of anilines is 1. The maximum Gasteiger partial charge on any atom is 0.278 e. The van der Waals surface area contributed by atoms with Gasteiger partial charge >= 0.3 is 0 Å². The number of hydrogen-bond acceptors (Lipinski definition) is 5. The number of carbonyl (C=O) groups excluding carboxylic acids is 2. The van der Waals surface area contributed by atoms with Crippen molar-refractivity contribution in [3.8, 4) is 5.75 Å². The smallest absolute Gasteiger partial charge is 0.278 e. The van der Waals surface area contributed by atoms with E-state index in [1.54, 1.807) is 36.4 Å². The van der Waals surface area contributed by atoms with E-state index in [0.29, 0.717) is 29.3 Å². The molecule has 0 fully saturated rings. The molecule has 0 bridgehead atoms. The van der Waals surface area contributed by atoms with E-state index in [0.717, 1.165) is 16.8 Å². The highest BCUT2D eigenvalue weighted by Crippen LogP contribution is 2.33. The van der Waals surface area contributed by atoms with Crippen LogP contribution in [0.1, 0.15) is 29.4 Å². The van der Waals surface area contributed by atoms with Gasteiger partial charge in [0.25, 0.3) is 11.8 Å². The lowest BCUT2D eigenvalue weighted by atomic mass is 10.0. The molecule has 6 nitrogen and oxygen atoms in total.